The van der Waals surface area contributed by atoms with Crippen LogP contribution in [0.2, 0.25) is 0 Å². The summed E-state index contributed by atoms with van der Waals surface area (Å²) >= 11 is 2.38. The number of sulfonamides is 2. The predicted molar refractivity (Wildman–Crippen MR) is 217 cm³/mol. The number of aliphatic carboxylic acids is 4. The molecule has 0 fully saturated rings. The van der Waals surface area contributed by atoms with Crippen LogP contribution in [0, 0.1) is 71.2 Å². The van der Waals surface area contributed by atoms with Crippen molar-refractivity contribution < 1.29 is 147 Å². The van der Waals surface area contributed by atoms with Crippen LogP contribution in [0.5, 0.6) is 0 Å². The normalized spacial score (nSPS) is 13.2. The van der Waals surface area contributed by atoms with Gasteiger partial charge in [-0.2, -0.15) is 0 Å². The number of amides is 2. The molecule has 0 unspecified atom stereocenters. The van der Waals surface area contributed by atoms with E-state index in [9.17, 15) is 36.6 Å². The number of carbonyl (C=O) groups excluding carboxylic acids is 2. The van der Waals surface area contributed by atoms with E-state index in [4.69, 9.17) is 39.6 Å². The van der Waals surface area contributed by atoms with Crippen LogP contribution in [0.15, 0.2) is 92.9 Å². The Morgan fingerprint density at radius 3 is 1.05 bits per heavy atom. The molecule has 2 amide bonds. The van der Waals surface area contributed by atoms with E-state index >= 15 is 0 Å². The molecule has 0 saturated heterocycles. The number of carboxylic acid groups (broad SMARTS) is 4. The van der Waals surface area contributed by atoms with Crippen molar-refractivity contribution in [3.63, 3.8) is 0 Å². The van der Waals surface area contributed by atoms with Crippen LogP contribution in [0.25, 0.3) is 11.5 Å². The number of nitrogens with zero attached hydrogens (tertiary/aromatic N) is 4. The van der Waals surface area contributed by atoms with Gasteiger partial charge in [0.1, 0.15) is 0 Å². The average Bonchev–Trinajstić information content (AvgIpc) is 3.85. The number of likely N-dealkylation sites (N-methyl/N-ethyl adjacent to an activating group) is 2. The van der Waals surface area contributed by atoms with E-state index in [1.54, 1.807) is 35.0 Å². The Balaban J connectivity index is 0. The minimum atomic E-state index is -3.89. The summed E-state index contributed by atoms with van der Waals surface area (Å²) in [5, 5.41) is 59.2. The summed E-state index contributed by atoms with van der Waals surface area (Å²) in [6.07, 6.45) is 3.01. The number of thiazole rings is 2. The number of hydrogen-bond donors (Lipinski definition) is 8. The van der Waals surface area contributed by atoms with Crippen LogP contribution in [0.1, 0.15) is 38.8 Å². The third-order valence-electron chi connectivity index (χ3n) is 6.38. The second-order valence-electron chi connectivity index (χ2n) is 11.0. The van der Waals surface area contributed by atoms with Gasteiger partial charge in [-0.3, -0.25) is 48.0 Å². The van der Waals surface area contributed by atoms with Crippen molar-refractivity contribution in [3.05, 3.63) is 94.2 Å². The molecule has 2 aliphatic heterocycles. The molecule has 22 nitrogen and oxygen atoms in total. The van der Waals surface area contributed by atoms with Crippen molar-refractivity contribution in [2.45, 2.75) is 37.5 Å². The van der Waals surface area contributed by atoms with E-state index in [0.29, 0.717) is 10.3 Å². The van der Waals surface area contributed by atoms with Crippen LogP contribution in [-0.4, -0.2) is 116 Å². The maximum absolute atomic E-state index is 12.5. The van der Waals surface area contributed by atoms with Gasteiger partial charge in [0.05, 0.1) is 9.79 Å². The molecule has 4 aromatic rings. The summed E-state index contributed by atoms with van der Waals surface area (Å²) in [5.74, 6) is -5.59. The number of benzene rings is 2. The van der Waals surface area contributed by atoms with Gasteiger partial charge in [-0.1, -0.05) is 24.3 Å². The Morgan fingerprint density at radius 2 is 0.806 bits per heavy atom. The zero-order valence-electron chi connectivity index (χ0n) is 33.3. The average molecular weight is 1190 g/mol. The first-order chi connectivity index (χ1) is 27.8. The van der Waals surface area contributed by atoms with E-state index in [-0.39, 0.29) is 115 Å². The van der Waals surface area contributed by atoms with Gasteiger partial charge in [0.2, 0.25) is 0 Å². The fraction of sp³-hybridized carbons (Fsp3) is 0.176. The quantitative estimate of drug-likeness (QED) is 0.145. The van der Waals surface area contributed by atoms with Crippen LogP contribution < -0.4 is 10.6 Å². The zero-order chi connectivity index (χ0) is 46.1. The molecule has 0 aliphatic carbocycles. The maximum Gasteiger partial charge on any atom is 3.00 e. The standard InChI is InChI=1S/2C13H11N3O4S2.4C2H4O2.2La/c2*1-16-10(12(18)15-13-14-6-7-21-13)11(17)8-4-2-3-5-9(8)22(16,19)20;4*1-2(3)4;;/h2*2-7,17H,1H3,(H,14,15,18);4*1H3,(H,3,4);;/q;;;;;;2*+3. The second-order valence-corrected chi connectivity index (χ2v) is 16.7. The monoisotopic (exact) mass is 1190 g/mol. The molecule has 324 valence electrons. The van der Waals surface area contributed by atoms with E-state index in [1.807, 2.05) is 0 Å². The van der Waals surface area contributed by atoms with Crippen LogP contribution in [0.4, 0.5) is 10.3 Å². The Morgan fingerprint density at radius 1 is 0.548 bits per heavy atom. The van der Waals surface area contributed by atoms with Crippen molar-refractivity contribution in [1.29, 1.82) is 0 Å². The summed E-state index contributed by atoms with van der Waals surface area (Å²) < 4.78 is 51.4. The van der Waals surface area contributed by atoms with Crippen molar-refractivity contribution >= 4 is 100 Å². The number of anilines is 2. The first-order valence-electron chi connectivity index (χ1n) is 16.0. The maximum atomic E-state index is 12.5. The Bertz CT molecular complexity index is 2270. The molecule has 2 aliphatic rings. The SMILES string of the molecule is CC(=O)O.CC(=O)O.CC(=O)O.CC(=O)O.CN1C(C(=O)Nc2nccs2)=C(O)c2ccccc2S1(=O)=O.CN1C(C(=O)Nc2nccs2)=C(O)c2ccccc2S1(=O)=O.[La+3].[La+3]. The third-order valence-corrected chi connectivity index (χ3v) is 11.4. The number of rotatable bonds is 4. The second kappa shape index (κ2) is 27.5. The molecule has 28 heteroatoms. The van der Waals surface area contributed by atoms with Crippen molar-refractivity contribution in [1.82, 2.24) is 18.6 Å². The van der Waals surface area contributed by atoms with Crippen molar-refractivity contribution in [3.8, 4) is 0 Å². The molecule has 2 aromatic heterocycles. The van der Waals surface area contributed by atoms with Gasteiger partial charge in [-0.15, -0.1) is 22.7 Å². The van der Waals surface area contributed by atoms with Gasteiger partial charge in [0.15, 0.2) is 33.2 Å². The predicted octanol–water partition coefficient (Wildman–Crippen LogP) is 3.65. The summed E-state index contributed by atoms with van der Waals surface area (Å²) in [6.45, 7) is 4.33. The molecule has 0 radical (unpaired) electrons. The van der Waals surface area contributed by atoms with E-state index in [0.717, 1.165) is 36.3 Å². The van der Waals surface area contributed by atoms with Gasteiger partial charge in [0.25, 0.3) is 55.7 Å². The molecular weight excluding hydrogens is 1150 g/mol. The number of aliphatic hydroxyl groups excluding tert-OH is 2. The number of nitrogens with one attached hydrogen (secondary N) is 2. The molecule has 4 heterocycles. The summed E-state index contributed by atoms with van der Waals surface area (Å²) in [7, 11) is -5.34. The number of aromatic nitrogens is 2. The van der Waals surface area contributed by atoms with Crippen molar-refractivity contribution in [2.24, 2.45) is 0 Å². The fourth-order valence-corrected chi connectivity index (χ4v) is 8.09. The third kappa shape index (κ3) is 18.1. The van der Waals surface area contributed by atoms with E-state index < -0.39 is 55.7 Å². The largest absolute Gasteiger partial charge is 3.00 e. The van der Waals surface area contributed by atoms with Gasteiger partial charge in [0, 0.05) is 76.1 Å². The summed E-state index contributed by atoms with van der Waals surface area (Å²) in [6, 6.07) is 12.0. The Kier molecular flexibility index (Phi) is 26.5. The number of carbonyl (C=O) groups is 6. The van der Waals surface area contributed by atoms with Crippen LogP contribution in [-0.2, 0) is 48.8 Å². The molecule has 0 bridgehead atoms. The topological polar surface area (TPSA) is 348 Å². The molecule has 0 atom stereocenters. The molecule has 62 heavy (non-hydrogen) atoms. The Hall–Kier alpha value is -4.51. The fourth-order valence-electron chi connectivity index (χ4n) is 4.25. The van der Waals surface area contributed by atoms with Gasteiger partial charge in [-0.25, -0.2) is 26.8 Å². The molecule has 0 spiro atoms. The number of fused-ring (bicyclic) bond motifs is 2. The Labute approximate surface area is 418 Å². The van der Waals surface area contributed by atoms with E-state index in [2.05, 4.69) is 20.6 Å². The molecule has 2 aromatic carbocycles. The zero-order valence-corrected chi connectivity index (χ0v) is 43.8. The molecule has 6 rings (SSSR count). The summed E-state index contributed by atoms with van der Waals surface area (Å²) in [4.78, 5) is 68.3. The van der Waals surface area contributed by atoms with Gasteiger partial charge >= 0.3 is 71.2 Å². The van der Waals surface area contributed by atoms with Crippen LogP contribution >= 0.6 is 22.7 Å². The minimum absolute atomic E-state index is 0. The molecular formula is C34H38La2N6O16S4+6. The number of carboxylic acids is 4. The first-order valence-corrected chi connectivity index (χ1v) is 20.7. The first kappa shape index (κ1) is 59.6. The number of aliphatic hydroxyl groups is 2. The van der Waals surface area contributed by atoms with Gasteiger partial charge in [-0.05, 0) is 24.3 Å². The van der Waals surface area contributed by atoms with Crippen molar-refractivity contribution in [2.75, 3.05) is 24.7 Å². The minimum Gasteiger partial charge on any atom is -0.505 e. The smallest absolute Gasteiger partial charge is 0.505 e. The van der Waals surface area contributed by atoms with Crippen LogP contribution in [0.3, 0.4) is 0 Å². The van der Waals surface area contributed by atoms with Gasteiger partial charge < -0.3 is 30.6 Å². The molecule has 0 saturated carbocycles. The molecule has 8 N–H and O–H groups in total. The summed E-state index contributed by atoms with van der Waals surface area (Å²) in [5.41, 5.74) is -0.474. The number of hydrogen-bond acceptors (Lipinski definition) is 16. The van der Waals surface area contributed by atoms with E-state index in [1.165, 1.54) is 73.4 Å².